The molecule has 2 heterocycles. The van der Waals surface area contributed by atoms with Gasteiger partial charge in [0.05, 0.1) is 5.39 Å². The minimum atomic E-state index is 0.776. The molecule has 3 aromatic rings. The number of benzene rings is 1. The molecule has 0 radical (unpaired) electrons. The fourth-order valence-electron chi connectivity index (χ4n) is 3.16. The van der Waals surface area contributed by atoms with Gasteiger partial charge >= 0.3 is 0 Å². The third-order valence-corrected chi connectivity index (χ3v) is 5.56. The molecule has 4 nitrogen and oxygen atoms in total. The van der Waals surface area contributed by atoms with E-state index in [0.717, 1.165) is 23.5 Å². The fourth-order valence-corrected chi connectivity index (χ4v) is 4.39. The van der Waals surface area contributed by atoms with E-state index in [1.54, 1.807) is 17.7 Å². The lowest BCUT2D eigenvalue weighted by molar-refractivity contribution is 0.700. The first-order valence-electron chi connectivity index (χ1n) is 8.66. The van der Waals surface area contributed by atoms with Crippen molar-refractivity contribution in [3.8, 4) is 0 Å². The summed E-state index contributed by atoms with van der Waals surface area (Å²) < 4.78 is 0. The molecule has 4 rings (SSSR count). The van der Waals surface area contributed by atoms with Crippen molar-refractivity contribution in [3.05, 3.63) is 58.7 Å². The number of nitrogens with zero attached hydrogens (tertiary/aromatic N) is 3. The predicted octanol–water partition coefficient (Wildman–Crippen LogP) is 5.07. The van der Waals surface area contributed by atoms with Gasteiger partial charge < -0.3 is 0 Å². The maximum atomic E-state index is 4.44. The van der Waals surface area contributed by atoms with Crippen molar-refractivity contribution >= 4 is 39.7 Å². The number of hydrogen-bond acceptors (Lipinski definition) is 5. The maximum Gasteiger partial charge on any atom is 0.158 e. The third kappa shape index (κ3) is 3.61. The van der Waals surface area contributed by atoms with Gasteiger partial charge in [-0.05, 0) is 36.8 Å². The number of aromatic nitrogens is 2. The molecule has 1 aliphatic carbocycles. The Labute approximate surface area is 151 Å². The second-order valence-corrected chi connectivity index (χ2v) is 7.17. The van der Waals surface area contributed by atoms with Crippen LogP contribution >= 0.6 is 11.3 Å². The van der Waals surface area contributed by atoms with Crippen LogP contribution in [-0.2, 0) is 12.8 Å². The van der Waals surface area contributed by atoms with Gasteiger partial charge in [-0.2, -0.15) is 5.10 Å². The smallest absolute Gasteiger partial charge is 0.158 e. The van der Waals surface area contributed by atoms with Crippen LogP contribution in [0.2, 0.25) is 0 Å². The highest BCUT2D eigenvalue weighted by Gasteiger charge is 2.19. The molecule has 0 fully saturated rings. The zero-order chi connectivity index (χ0) is 16.9. The highest BCUT2D eigenvalue weighted by atomic mass is 32.1. The van der Waals surface area contributed by atoms with E-state index in [9.17, 15) is 0 Å². The van der Waals surface area contributed by atoms with E-state index in [-0.39, 0.29) is 0 Å². The second-order valence-electron chi connectivity index (χ2n) is 6.09. The van der Waals surface area contributed by atoms with Crippen molar-refractivity contribution in [1.29, 1.82) is 0 Å². The Morgan fingerprint density at radius 3 is 2.92 bits per heavy atom. The molecule has 0 spiro atoms. The Bertz CT molecular complexity index is 912. The first kappa shape index (κ1) is 16.0. The van der Waals surface area contributed by atoms with Crippen LogP contribution in [0.5, 0.6) is 0 Å². The van der Waals surface area contributed by atoms with Gasteiger partial charge in [0, 0.05) is 17.5 Å². The van der Waals surface area contributed by atoms with Crippen molar-refractivity contribution in [2.45, 2.75) is 32.1 Å². The molecule has 1 aliphatic rings. The normalized spacial score (nSPS) is 14.4. The summed E-state index contributed by atoms with van der Waals surface area (Å²) >= 11 is 1.80. The molecule has 0 unspecified atom stereocenters. The molecular weight excluding hydrogens is 328 g/mol. The average Bonchev–Trinajstić information content (AvgIpc) is 3.05. The van der Waals surface area contributed by atoms with E-state index in [2.05, 4.69) is 44.8 Å². The maximum absolute atomic E-state index is 4.44. The van der Waals surface area contributed by atoms with E-state index in [1.165, 1.54) is 40.7 Å². The summed E-state index contributed by atoms with van der Waals surface area (Å²) in [6, 6.07) is 10.3. The summed E-state index contributed by atoms with van der Waals surface area (Å²) in [5, 5.41) is 5.51. The van der Waals surface area contributed by atoms with Gasteiger partial charge in [0.2, 0.25) is 0 Å². The Morgan fingerprint density at radius 2 is 2.00 bits per heavy atom. The van der Waals surface area contributed by atoms with Crippen LogP contribution < -0.4 is 5.43 Å². The first-order chi connectivity index (χ1) is 12.4. The Balaban J connectivity index is 1.44. The van der Waals surface area contributed by atoms with Crippen LogP contribution in [0.1, 0.15) is 35.3 Å². The van der Waals surface area contributed by atoms with Crippen LogP contribution in [0.15, 0.2) is 47.8 Å². The highest BCUT2D eigenvalue weighted by Crippen LogP contribution is 2.37. The predicted molar refractivity (Wildman–Crippen MR) is 106 cm³/mol. The number of hydrogen-bond donors (Lipinski definition) is 1. The molecule has 2 aromatic heterocycles. The van der Waals surface area contributed by atoms with Gasteiger partial charge in [-0.3, -0.25) is 5.43 Å². The van der Waals surface area contributed by atoms with Crippen LogP contribution in [-0.4, -0.2) is 16.2 Å². The standard InChI is InChI=1S/C20H20N4S/c1-2-8-15(9-3-1)10-6-7-13-23-24-19-18-16-11-4-5-12-17(16)25-20(18)22-14-21-19/h1-3,6,8-10,13-14H,4-5,7,11-12H2,(H,21,22,24)/b10-6+,23-13+. The topological polar surface area (TPSA) is 50.2 Å². The van der Waals surface area contributed by atoms with Gasteiger partial charge in [0.1, 0.15) is 11.2 Å². The summed E-state index contributed by atoms with van der Waals surface area (Å²) in [5.41, 5.74) is 5.74. The van der Waals surface area contributed by atoms with Gasteiger partial charge in [-0.15, -0.1) is 11.3 Å². The van der Waals surface area contributed by atoms with E-state index in [1.807, 2.05) is 24.4 Å². The largest absolute Gasteiger partial charge is 0.261 e. The number of rotatable bonds is 5. The summed E-state index contributed by atoms with van der Waals surface area (Å²) in [6.07, 6.45) is 13.3. The molecule has 0 amide bonds. The van der Waals surface area contributed by atoms with Gasteiger partial charge in [-0.1, -0.05) is 42.5 Å². The van der Waals surface area contributed by atoms with Crippen molar-refractivity contribution in [2.24, 2.45) is 5.10 Å². The van der Waals surface area contributed by atoms with Crippen LogP contribution in [0, 0.1) is 0 Å². The van der Waals surface area contributed by atoms with Gasteiger partial charge in [-0.25, -0.2) is 9.97 Å². The molecule has 0 bridgehead atoms. The summed E-state index contributed by atoms with van der Waals surface area (Å²) in [6.45, 7) is 0. The lowest BCUT2D eigenvalue weighted by atomic mass is 9.97. The third-order valence-electron chi connectivity index (χ3n) is 4.36. The van der Waals surface area contributed by atoms with Crippen LogP contribution in [0.25, 0.3) is 16.3 Å². The zero-order valence-corrected chi connectivity index (χ0v) is 14.8. The SMILES string of the molecule is C(=C\c1ccccc1)/C/C=N/Nc1ncnc2sc3c(c12)CCCC3. The van der Waals surface area contributed by atoms with E-state index in [4.69, 9.17) is 0 Å². The summed E-state index contributed by atoms with van der Waals surface area (Å²) in [4.78, 5) is 11.4. The number of hydrazone groups is 1. The molecule has 25 heavy (non-hydrogen) atoms. The number of thiophene rings is 1. The molecule has 0 aliphatic heterocycles. The molecular formula is C20H20N4S. The number of fused-ring (bicyclic) bond motifs is 3. The lowest BCUT2D eigenvalue weighted by Gasteiger charge is -2.11. The number of aryl methyl sites for hydroxylation is 2. The van der Waals surface area contributed by atoms with Crippen molar-refractivity contribution in [3.63, 3.8) is 0 Å². The summed E-state index contributed by atoms with van der Waals surface area (Å²) in [5.74, 6) is 0.827. The van der Waals surface area contributed by atoms with Crippen molar-refractivity contribution < 1.29 is 0 Å². The molecule has 1 aromatic carbocycles. The van der Waals surface area contributed by atoms with Crippen molar-refractivity contribution in [2.75, 3.05) is 5.43 Å². The Hall–Kier alpha value is -2.53. The van der Waals surface area contributed by atoms with Crippen LogP contribution in [0.3, 0.4) is 0 Å². The molecule has 0 saturated carbocycles. The van der Waals surface area contributed by atoms with Gasteiger partial charge in [0.25, 0.3) is 0 Å². The van der Waals surface area contributed by atoms with E-state index >= 15 is 0 Å². The molecule has 0 atom stereocenters. The van der Waals surface area contributed by atoms with E-state index < -0.39 is 0 Å². The Morgan fingerprint density at radius 1 is 1.12 bits per heavy atom. The minimum Gasteiger partial charge on any atom is -0.261 e. The fraction of sp³-hybridized carbons (Fsp3) is 0.250. The number of allylic oxidation sites excluding steroid dienone is 1. The lowest BCUT2D eigenvalue weighted by Crippen LogP contribution is -2.00. The van der Waals surface area contributed by atoms with Crippen molar-refractivity contribution in [1.82, 2.24) is 9.97 Å². The monoisotopic (exact) mass is 348 g/mol. The second kappa shape index (κ2) is 7.57. The number of anilines is 1. The molecule has 126 valence electrons. The highest BCUT2D eigenvalue weighted by molar-refractivity contribution is 7.19. The summed E-state index contributed by atoms with van der Waals surface area (Å²) in [7, 11) is 0. The quantitative estimate of drug-likeness (QED) is 0.517. The van der Waals surface area contributed by atoms with E-state index in [0.29, 0.717) is 0 Å². The number of nitrogens with one attached hydrogen (secondary N) is 1. The molecule has 5 heteroatoms. The minimum absolute atomic E-state index is 0.776. The zero-order valence-electron chi connectivity index (χ0n) is 14.0. The van der Waals surface area contributed by atoms with Crippen LogP contribution in [0.4, 0.5) is 5.82 Å². The van der Waals surface area contributed by atoms with Gasteiger partial charge in [0.15, 0.2) is 5.82 Å². The molecule has 1 N–H and O–H groups in total. The Kier molecular flexibility index (Phi) is 4.84. The average molecular weight is 348 g/mol. The molecule has 0 saturated heterocycles. The first-order valence-corrected chi connectivity index (χ1v) is 9.48.